The van der Waals surface area contributed by atoms with Gasteiger partial charge in [-0.2, -0.15) is 0 Å². The number of hydrogen-bond donors (Lipinski definition) is 4. The standard InChI is InChI=1S/C17H17N3OS4/c1-8-18-10-7-5-4-6-9(10)17(19-8)20(2)11-13(22)15(24)12(21-3)16(25)14(11)23/h4-7,22-25H,1-3H3. The molecule has 130 valence electrons. The second-order valence-corrected chi connectivity index (χ2v) is 7.24. The fourth-order valence-electron chi connectivity index (χ4n) is 2.71. The van der Waals surface area contributed by atoms with Crippen LogP contribution in [0.4, 0.5) is 11.5 Å². The highest BCUT2D eigenvalue weighted by Gasteiger charge is 2.23. The van der Waals surface area contributed by atoms with Crippen LogP contribution in [0.3, 0.4) is 0 Å². The lowest BCUT2D eigenvalue weighted by Gasteiger charge is -2.26. The molecule has 0 amide bonds. The molecule has 0 fully saturated rings. The lowest BCUT2D eigenvalue weighted by molar-refractivity contribution is 0.390. The van der Waals surface area contributed by atoms with Crippen molar-refractivity contribution in [2.45, 2.75) is 26.5 Å². The molecule has 0 aliphatic carbocycles. The molecular weight excluding hydrogens is 390 g/mol. The third-order valence-corrected chi connectivity index (χ3v) is 5.96. The van der Waals surface area contributed by atoms with Gasteiger partial charge in [0.15, 0.2) is 0 Å². The van der Waals surface area contributed by atoms with Gasteiger partial charge in [0.05, 0.1) is 28.1 Å². The molecule has 0 radical (unpaired) electrons. The van der Waals surface area contributed by atoms with Crippen molar-refractivity contribution < 1.29 is 4.74 Å². The summed E-state index contributed by atoms with van der Waals surface area (Å²) >= 11 is 18.3. The van der Waals surface area contributed by atoms with Crippen LogP contribution in [-0.2, 0) is 0 Å². The Balaban J connectivity index is 2.29. The van der Waals surface area contributed by atoms with Crippen LogP contribution in [0.25, 0.3) is 10.9 Å². The molecule has 25 heavy (non-hydrogen) atoms. The summed E-state index contributed by atoms with van der Waals surface area (Å²) in [5.41, 5.74) is 1.63. The van der Waals surface area contributed by atoms with Crippen LogP contribution < -0.4 is 9.64 Å². The van der Waals surface area contributed by atoms with Crippen LogP contribution in [0.15, 0.2) is 43.8 Å². The normalized spacial score (nSPS) is 11.0. The molecule has 0 saturated carbocycles. The average molecular weight is 408 g/mol. The van der Waals surface area contributed by atoms with Crippen molar-refractivity contribution in [3.05, 3.63) is 30.1 Å². The van der Waals surface area contributed by atoms with E-state index in [2.05, 4.69) is 60.5 Å². The molecule has 0 N–H and O–H groups in total. The van der Waals surface area contributed by atoms with Crippen molar-refractivity contribution in [1.82, 2.24) is 9.97 Å². The van der Waals surface area contributed by atoms with Crippen molar-refractivity contribution in [2.24, 2.45) is 0 Å². The monoisotopic (exact) mass is 407 g/mol. The van der Waals surface area contributed by atoms with Gasteiger partial charge >= 0.3 is 0 Å². The average Bonchev–Trinajstić information content (AvgIpc) is 2.60. The quantitative estimate of drug-likeness (QED) is 0.468. The molecule has 0 spiro atoms. The summed E-state index contributed by atoms with van der Waals surface area (Å²) < 4.78 is 5.37. The van der Waals surface area contributed by atoms with E-state index in [1.807, 2.05) is 43.1 Å². The minimum Gasteiger partial charge on any atom is -0.494 e. The zero-order valence-electron chi connectivity index (χ0n) is 13.8. The fraction of sp³-hybridized carbons (Fsp3) is 0.176. The molecule has 8 heteroatoms. The minimum atomic E-state index is 0.544. The van der Waals surface area contributed by atoms with Crippen LogP contribution in [0.2, 0.25) is 0 Å². The number of thiol groups is 4. The Hall–Kier alpha value is -1.22. The summed E-state index contributed by atoms with van der Waals surface area (Å²) in [7, 11) is 3.48. The first-order valence-electron chi connectivity index (χ1n) is 7.37. The van der Waals surface area contributed by atoms with Gasteiger partial charge in [-0.1, -0.05) is 12.1 Å². The van der Waals surface area contributed by atoms with Gasteiger partial charge in [-0.05, 0) is 19.1 Å². The van der Waals surface area contributed by atoms with E-state index in [4.69, 9.17) is 4.74 Å². The molecule has 3 aromatic rings. The highest BCUT2D eigenvalue weighted by Crippen LogP contribution is 2.48. The van der Waals surface area contributed by atoms with Gasteiger partial charge in [0.25, 0.3) is 0 Å². The summed E-state index contributed by atoms with van der Waals surface area (Å²) in [4.78, 5) is 13.5. The van der Waals surface area contributed by atoms with Crippen LogP contribution in [0.1, 0.15) is 5.82 Å². The van der Waals surface area contributed by atoms with E-state index < -0.39 is 0 Å². The Kier molecular flexibility index (Phi) is 5.34. The van der Waals surface area contributed by atoms with Crippen LogP contribution in [0, 0.1) is 6.92 Å². The van der Waals surface area contributed by atoms with Crippen molar-refractivity contribution in [1.29, 1.82) is 0 Å². The SMILES string of the molecule is COc1c(S)c(S)c(N(C)c2nc(C)nc3ccccc23)c(S)c1S. The summed E-state index contributed by atoms with van der Waals surface area (Å²) in [5, 5.41) is 0.938. The first-order chi connectivity index (χ1) is 11.9. The Bertz CT molecular complexity index is 949. The molecule has 1 aromatic heterocycles. The third-order valence-electron chi connectivity index (χ3n) is 3.88. The van der Waals surface area contributed by atoms with Gasteiger partial charge < -0.3 is 9.64 Å². The fourth-order valence-corrected chi connectivity index (χ4v) is 4.23. The molecule has 4 nitrogen and oxygen atoms in total. The van der Waals surface area contributed by atoms with Crippen molar-refractivity contribution in [3.63, 3.8) is 0 Å². The molecular formula is C17H17N3OS4. The van der Waals surface area contributed by atoms with Crippen molar-refractivity contribution >= 4 is 72.9 Å². The maximum Gasteiger partial charge on any atom is 0.147 e. The first kappa shape index (κ1) is 18.6. The summed E-state index contributed by atoms with van der Waals surface area (Å²) in [5.74, 6) is 1.99. The summed E-state index contributed by atoms with van der Waals surface area (Å²) in [6.07, 6.45) is 0. The van der Waals surface area contributed by atoms with Gasteiger partial charge in [-0.25, -0.2) is 9.97 Å². The maximum absolute atomic E-state index is 5.37. The van der Waals surface area contributed by atoms with Gasteiger partial charge in [0.1, 0.15) is 17.4 Å². The number of fused-ring (bicyclic) bond motifs is 1. The molecule has 0 bridgehead atoms. The molecule has 0 aliphatic rings. The number of benzene rings is 2. The first-order valence-corrected chi connectivity index (χ1v) is 9.16. The molecule has 0 aliphatic heterocycles. The van der Waals surface area contributed by atoms with E-state index in [9.17, 15) is 0 Å². The molecule has 0 saturated heterocycles. The predicted molar refractivity (Wildman–Crippen MR) is 114 cm³/mol. The lowest BCUT2D eigenvalue weighted by Crippen LogP contribution is -2.15. The van der Waals surface area contributed by atoms with Gasteiger partial charge in [-0.15, -0.1) is 50.5 Å². The number of hydrogen-bond acceptors (Lipinski definition) is 8. The Morgan fingerprint density at radius 3 is 2.12 bits per heavy atom. The molecule has 1 heterocycles. The number of anilines is 2. The molecule has 3 rings (SSSR count). The Labute approximate surface area is 168 Å². The highest BCUT2D eigenvalue weighted by molar-refractivity contribution is 7.85. The zero-order valence-corrected chi connectivity index (χ0v) is 17.4. The predicted octanol–water partition coefficient (Wildman–Crippen LogP) is 4.87. The number of aryl methyl sites for hydroxylation is 1. The second kappa shape index (κ2) is 7.19. The number of para-hydroxylation sites is 1. The number of nitrogens with zero attached hydrogens (tertiary/aromatic N) is 3. The van der Waals surface area contributed by atoms with Crippen LogP contribution in [0.5, 0.6) is 5.75 Å². The third kappa shape index (κ3) is 3.16. The Morgan fingerprint density at radius 1 is 0.920 bits per heavy atom. The van der Waals surface area contributed by atoms with E-state index in [1.54, 1.807) is 7.11 Å². The van der Waals surface area contributed by atoms with Crippen LogP contribution >= 0.6 is 50.5 Å². The lowest BCUT2D eigenvalue weighted by atomic mass is 10.2. The van der Waals surface area contributed by atoms with E-state index in [0.29, 0.717) is 31.2 Å². The Morgan fingerprint density at radius 2 is 1.52 bits per heavy atom. The van der Waals surface area contributed by atoms with Gasteiger partial charge in [0.2, 0.25) is 0 Å². The molecule has 0 atom stereocenters. The number of methoxy groups -OCH3 is 1. The van der Waals surface area contributed by atoms with Gasteiger partial charge in [0, 0.05) is 22.2 Å². The summed E-state index contributed by atoms with van der Waals surface area (Å²) in [6.45, 7) is 1.87. The molecule has 0 unspecified atom stereocenters. The van der Waals surface area contributed by atoms with E-state index in [-0.39, 0.29) is 0 Å². The van der Waals surface area contributed by atoms with Gasteiger partial charge in [-0.3, -0.25) is 0 Å². The second-order valence-electron chi connectivity index (χ2n) is 5.45. The highest BCUT2D eigenvalue weighted by atomic mass is 32.1. The topological polar surface area (TPSA) is 38.2 Å². The number of ether oxygens (including phenoxy) is 1. The van der Waals surface area contributed by atoms with E-state index >= 15 is 0 Å². The largest absolute Gasteiger partial charge is 0.494 e. The minimum absolute atomic E-state index is 0.544. The van der Waals surface area contributed by atoms with Crippen molar-refractivity contribution in [3.8, 4) is 5.75 Å². The maximum atomic E-state index is 5.37. The van der Waals surface area contributed by atoms with Crippen molar-refractivity contribution in [2.75, 3.05) is 19.1 Å². The van der Waals surface area contributed by atoms with Crippen LogP contribution in [-0.4, -0.2) is 24.1 Å². The molecule has 2 aromatic carbocycles. The van der Waals surface area contributed by atoms with E-state index in [1.165, 1.54) is 0 Å². The smallest absolute Gasteiger partial charge is 0.147 e. The van der Waals surface area contributed by atoms with E-state index in [0.717, 1.165) is 22.4 Å². The number of rotatable bonds is 3. The summed E-state index contributed by atoms with van der Waals surface area (Å²) in [6, 6.07) is 7.87. The zero-order chi connectivity index (χ0) is 18.3. The number of aromatic nitrogens is 2.